The molecule has 2 heterocycles. The Kier molecular flexibility index (Phi) is 2.56. The average molecular weight is 257 g/mol. The molecular formula is C19H15N. The monoisotopic (exact) mass is 257 g/mol. The van der Waals surface area contributed by atoms with Crippen LogP contribution in [0.2, 0.25) is 0 Å². The van der Waals surface area contributed by atoms with Crippen LogP contribution < -0.4 is 0 Å². The van der Waals surface area contributed by atoms with Crippen LogP contribution in [0.15, 0.2) is 72.8 Å². The molecule has 4 rings (SSSR count). The normalized spacial score (nSPS) is 17.1. The number of hydrogen-bond donors (Lipinski definition) is 0. The molecule has 3 aromatic rings. The first kappa shape index (κ1) is 11.3. The summed E-state index contributed by atoms with van der Waals surface area (Å²) in [5.74, 6) is 0.342. The van der Waals surface area contributed by atoms with Crippen molar-refractivity contribution in [3.05, 3.63) is 84.1 Å². The molecule has 0 saturated heterocycles. The van der Waals surface area contributed by atoms with Crippen LogP contribution >= 0.6 is 0 Å². The first-order chi connectivity index (χ1) is 9.92. The Balaban J connectivity index is 1.82. The number of allylic oxidation sites excluding steroid dienone is 2. The van der Waals surface area contributed by atoms with Gasteiger partial charge in [-0.05, 0) is 23.8 Å². The minimum Gasteiger partial charge on any atom is -0.317 e. The quantitative estimate of drug-likeness (QED) is 0.583. The first-order valence-electron chi connectivity index (χ1n) is 6.93. The van der Waals surface area contributed by atoms with Gasteiger partial charge in [0.25, 0.3) is 0 Å². The SMILES string of the molecule is C1=CC(c2ccccc2)C=Cn2c1cc1ccccc12. The Bertz CT molecular complexity index is 806. The topological polar surface area (TPSA) is 4.93 Å². The van der Waals surface area contributed by atoms with E-state index in [4.69, 9.17) is 0 Å². The zero-order valence-electron chi connectivity index (χ0n) is 11.1. The summed E-state index contributed by atoms with van der Waals surface area (Å²) in [6.07, 6.45) is 8.94. The highest BCUT2D eigenvalue weighted by Crippen LogP contribution is 2.27. The number of benzene rings is 2. The second kappa shape index (κ2) is 4.53. The van der Waals surface area contributed by atoms with Crippen molar-refractivity contribution in [2.24, 2.45) is 0 Å². The maximum Gasteiger partial charge on any atom is 0.0528 e. The van der Waals surface area contributed by atoms with E-state index in [-0.39, 0.29) is 0 Å². The molecule has 0 fully saturated rings. The Morgan fingerprint density at radius 1 is 0.800 bits per heavy atom. The number of hydrogen-bond acceptors (Lipinski definition) is 0. The Hall–Kier alpha value is -2.54. The van der Waals surface area contributed by atoms with E-state index in [9.17, 15) is 0 Å². The Morgan fingerprint density at radius 2 is 1.60 bits per heavy atom. The van der Waals surface area contributed by atoms with E-state index >= 15 is 0 Å². The van der Waals surface area contributed by atoms with E-state index in [1.54, 1.807) is 0 Å². The highest BCUT2D eigenvalue weighted by atomic mass is 15.0. The summed E-state index contributed by atoms with van der Waals surface area (Å²) in [7, 11) is 0. The largest absolute Gasteiger partial charge is 0.317 e. The lowest BCUT2D eigenvalue weighted by Gasteiger charge is -2.06. The third-order valence-corrected chi connectivity index (χ3v) is 3.88. The van der Waals surface area contributed by atoms with Crippen molar-refractivity contribution in [3.63, 3.8) is 0 Å². The molecule has 0 aliphatic carbocycles. The highest BCUT2D eigenvalue weighted by molar-refractivity contribution is 5.86. The fraction of sp³-hybridized carbons (Fsp3) is 0.0526. The number of aromatic nitrogens is 1. The molecule has 1 nitrogen and oxygen atoms in total. The van der Waals surface area contributed by atoms with Gasteiger partial charge in [-0.3, -0.25) is 0 Å². The molecular weight excluding hydrogens is 242 g/mol. The number of rotatable bonds is 1. The third kappa shape index (κ3) is 1.79. The van der Waals surface area contributed by atoms with Crippen LogP contribution in [-0.2, 0) is 0 Å². The summed E-state index contributed by atoms with van der Waals surface area (Å²) in [6.45, 7) is 0. The van der Waals surface area contributed by atoms with E-state index < -0.39 is 0 Å². The van der Waals surface area contributed by atoms with E-state index in [0.717, 1.165) is 0 Å². The van der Waals surface area contributed by atoms with Crippen LogP contribution in [0.3, 0.4) is 0 Å². The van der Waals surface area contributed by atoms with Crippen molar-refractivity contribution < 1.29 is 0 Å². The maximum absolute atomic E-state index is 2.27. The molecule has 1 heteroatoms. The van der Waals surface area contributed by atoms with Gasteiger partial charge in [0, 0.05) is 23.2 Å². The summed E-state index contributed by atoms with van der Waals surface area (Å²) in [6, 6.07) is 21.3. The van der Waals surface area contributed by atoms with E-state index in [0.29, 0.717) is 5.92 Å². The Morgan fingerprint density at radius 3 is 2.50 bits per heavy atom. The second-order valence-corrected chi connectivity index (χ2v) is 5.14. The molecule has 0 saturated carbocycles. The number of para-hydroxylation sites is 1. The predicted octanol–water partition coefficient (Wildman–Crippen LogP) is 4.92. The fourth-order valence-electron chi connectivity index (χ4n) is 2.83. The predicted molar refractivity (Wildman–Crippen MR) is 85.5 cm³/mol. The lowest BCUT2D eigenvalue weighted by Crippen LogP contribution is -1.90. The van der Waals surface area contributed by atoms with Crippen molar-refractivity contribution >= 4 is 23.2 Å². The molecule has 1 atom stereocenters. The molecule has 0 N–H and O–H groups in total. The van der Waals surface area contributed by atoms with Gasteiger partial charge in [0.2, 0.25) is 0 Å². The van der Waals surface area contributed by atoms with Crippen LogP contribution in [0.4, 0.5) is 0 Å². The van der Waals surface area contributed by atoms with Gasteiger partial charge in [0.1, 0.15) is 0 Å². The summed E-state index contributed by atoms with van der Waals surface area (Å²) in [5.41, 5.74) is 3.83. The second-order valence-electron chi connectivity index (χ2n) is 5.14. The summed E-state index contributed by atoms with van der Waals surface area (Å²) >= 11 is 0. The molecule has 1 aliphatic rings. The van der Waals surface area contributed by atoms with Crippen molar-refractivity contribution in [1.29, 1.82) is 0 Å². The summed E-state index contributed by atoms with van der Waals surface area (Å²) in [4.78, 5) is 0. The van der Waals surface area contributed by atoms with Crippen molar-refractivity contribution in [3.8, 4) is 0 Å². The van der Waals surface area contributed by atoms with Gasteiger partial charge in [-0.15, -0.1) is 0 Å². The molecule has 0 bridgehead atoms. The van der Waals surface area contributed by atoms with Crippen LogP contribution in [0.5, 0.6) is 0 Å². The smallest absolute Gasteiger partial charge is 0.0528 e. The number of nitrogens with zero attached hydrogens (tertiary/aromatic N) is 1. The van der Waals surface area contributed by atoms with Gasteiger partial charge < -0.3 is 4.57 Å². The van der Waals surface area contributed by atoms with Crippen LogP contribution in [0.25, 0.3) is 23.2 Å². The summed E-state index contributed by atoms with van der Waals surface area (Å²) in [5, 5.41) is 1.29. The molecule has 0 amide bonds. The molecule has 1 aromatic heterocycles. The van der Waals surface area contributed by atoms with Gasteiger partial charge >= 0.3 is 0 Å². The van der Waals surface area contributed by atoms with Crippen molar-refractivity contribution in [1.82, 2.24) is 4.57 Å². The molecule has 96 valence electrons. The zero-order valence-corrected chi connectivity index (χ0v) is 11.1. The van der Waals surface area contributed by atoms with Gasteiger partial charge in [-0.2, -0.15) is 0 Å². The molecule has 2 aromatic carbocycles. The maximum atomic E-state index is 2.27. The van der Waals surface area contributed by atoms with Gasteiger partial charge in [0.15, 0.2) is 0 Å². The minimum absolute atomic E-state index is 0.342. The van der Waals surface area contributed by atoms with E-state index in [2.05, 4.69) is 89.7 Å². The van der Waals surface area contributed by atoms with Gasteiger partial charge in [-0.1, -0.05) is 60.7 Å². The highest BCUT2D eigenvalue weighted by Gasteiger charge is 2.10. The minimum atomic E-state index is 0.342. The van der Waals surface area contributed by atoms with Gasteiger partial charge in [-0.25, -0.2) is 0 Å². The molecule has 20 heavy (non-hydrogen) atoms. The van der Waals surface area contributed by atoms with Crippen LogP contribution in [0.1, 0.15) is 17.2 Å². The molecule has 0 radical (unpaired) electrons. The number of fused-ring (bicyclic) bond motifs is 3. The fourth-order valence-corrected chi connectivity index (χ4v) is 2.83. The van der Waals surface area contributed by atoms with Crippen LogP contribution in [0, 0.1) is 0 Å². The third-order valence-electron chi connectivity index (χ3n) is 3.88. The average Bonchev–Trinajstić information content (AvgIpc) is 2.73. The van der Waals surface area contributed by atoms with E-state index in [1.807, 2.05) is 0 Å². The molecule has 0 spiro atoms. The van der Waals surface area contributed by atoms with Gasteiger partial charge in [0.05, 0.1) is 5.52 Å². The lowest BCUT2D eigenvalue weighted by atomic mass is 9.99. The van der Waals surface area contributed by atoms with E-state index in [1.165, 1.54) is 22.2 Å². The van der Waals surface area contributed by atoms with Crippen molar-refractivity contribution in [2.45, 2.75) is 5.92 Å². The Labute approximate surface area is 118 Å². The lowest BCUT2D eigenvalue weighted by molar-refractivity contribution is 1.09. The first-order valence-corrected chi connectivity index (χ1v) is 6.93. The van der Waals surface area contributed by atoms with Crippen molar-refractivity contribution in [2.75, 3.05) is 0 Å². The zero-order chi connectivity index (χ0) is 13.4. The standard InChI is InChI=1S/C19H15N/c1-2-6-15(7-3-1)16-10-11-18-14-17-8-4-5-9-19(17)20(18)13-12-16/h1-14,16H. The van der Waals surface area contributed by atoms with Crippen LogP contribution in [-0.4, -0.2) is 4.57 Å². The summed E-state index contributed by atoms with van der Waals surface area (Å²) < 4.78 is 2.26. The molecule has 1 aliphatic heterocycles. The molecule has 1 unspecified atom stereocenters.